The summed E-state index contributed by atoms with van der Waals surface area (Å²) < 4.78 is 10.8. The highest BCUT2D eigenvalue weighted by Crippen LogP contribution is 2.14. The first-order valence-corrected chi connectivity index (χ1v) is 6.97. The van der Waals surface area contributed by atoms with Gasteiger partial charge in [0, 0.05) is 14.2 Å². The summed E-state index contributed by atoms with van der Waals surface area (Å²) in [5, 5.41) is 3.50. The minimum Gasteiger partial charge on any atom is -0.354 e. The van der Waals surface area contributed by atoms with Gasteiger partial charge in [0.05, 0.1) is 6.04 Å². The van der Waals surface area contributed by atoms with Crippen molar-refractivity contribution in [3.8, 4) is 0 Å². The van der Waals surface area contributed by atoms with Crippen molar-refractivity contribution < 1.29 is 9.47 Å². The number of nitrogens with one attached hydrogen (secondary N) is 1. The predicted molar refractivity (Wildman–Crippen MR) is 79.5 cm³/mol. The van der Waals surface area contributed by atoms with Gasteiger partial charge in [0.25, 0.3) is 0 Å². The van der Waals surface area contributed by atoms with Gasteiger partial charge in [-0.05, 0) is 49.9 Å². The van der Waals surface area contributed by atoms with Gasteiger partial charge in [0.2, 0.25) is 0 Å². The Morgan fingerprint density at radius 2 is 1.79 bits per heavy atom. The summed E-state index contributed by atoms with van der Waals surface area (Å²) in [4.78, 5) is 0. The van der Waals surface area contributed by atoms with Crippen LogP contribution < -0.4 is 5.32 Å². The number of hydrogen-bond donors (Lipinski definition) is 1. The zero-order chi connectivity index (χ0) is 14.3. The molecule has 0 saturated carbocycles. The summed E-state index contributed by atoms with van der Waals surface area (Å²) in [5.74, 6) is 0. The third kappa shape index (κ3) is 4.94. The van der Waals surface area contributed by atoms with Gasteiger partial charge in [-0.25, -0.2) is 0 Å². The second-order valence-corrected chi connectivity index (χ2v) is 5.02. The van der Waals surface area contributed by atoms with Crippen LogP contribution >= 0.6 is 0 Å². The Labute approximate surface area is 117 Å². The molecule has 1 atom stereocenters. The average molecular weight is 265 g/mol. The molecule has 0 heterocycles. The lowest BCUT2D eigenvalue weighted by atomic mass is 10.0. The quantitative estimate of drug-likeness (QED) is 0.733. The molecule has 0 aliphatic rings. The van der Waals surface area contributed by atoms with Gasteiger partial charge in [-0.15, -0.1) is 0 Å². The normalized spacial score (nSPS) is 12.9. The molecule has 0 spiro atoms. The van der Waals surface area contributed by atoms with Crippen LogP contribution in [0.3, 0.4) is 0 Å². The molecule has 108 valence electrons. The fraction of sp³-hybridized carbons (Fsp3) is 0.625. The average Bonchev–Trinajstić information content (AvgIpc) is 2.41. The maximum Gasteiger partial charge on any atom is 0.172 e. The van der Waals surface area contributed by atoms with Crippen LogP contribution in [0.2, 0.25) is 0 Å². The van der Waals surface area contributed by atoms with Crippen molar-refractivity contribution >= 4 is 0 Å². The fourth-order valence-electron chi connectivity index (χ4n) is 2.20. The van der Waals surface area contributed by atoms with Crippen LogP contribution in [0.15, 0.2) is 18.2 Å². The first-order chi connectivity index (χ1) is 9.12. The molecular formula is C16H27NO2. The molecule has 19 heavy (non-hydrogen) atoms. The summed E-state index contributed by atoms with van der Waals surface area (Å²) in [6.45, 7) is 7.42. The highest BCUT2D eigenvalue weighted by atomic mass is 16.7. The lowest BCUT2D eigenvalue weighted by Crippen LogP contribution is -2.44. The van der Waals surface area contributed by atoms with E-state index in [1.54, 1.807) is 14.2 Å². The molecule has 0 aliphatic carbocycles. The molecule has 0 bridgehead atoms. The molecule has 3 nitrogen and oxygen atoms in total. The molecule has 0 radical (unpaired) electrons. The van der Waals surface area contributed by atoms with E-state index in [-0.39, 0.29) is 12.3 Å². The summed E-state index contributed by atoms with van der Waals surface area (Å²) in [5.41, 5.74) is 3.98. The van der Waals surface area contributed by atoms with Gasteiger partial charge in [0.1, 0.15) is 0 Å². The molecule has 1 N–H and O–H groups in total. The minimum absolute atomic E-state index is 0.178. The molecule has 1 aromatic carbocycles. The summed E-state index contributed by atoms with van der Waals surface area (Å²) in [6, 6.07) is 6.79. The van der Waals surface area contributed by atoms with E-state index in [1.807, 2.05) is 0 Å². The number of benzene rings is 1. The first kappa shape index (κ1) is 16.2. The fourth-order valence-corrected chi connectivity index (χ4v) is 2.20. The Morgan fingerprint density at radius 3 is 2.32 bits per heavy atom. The SMILES string of the molecule is CCCNC(Cc1ccc(C)c(C)c1)C(OC)OC. The van der Waals surface area contributed by atoms with Gasteiger partial charge in [-0.3, -0.25) is 0 Å². The summed E-state index contributed by atoms with van der Waals surface area (Å²) in [6.07, 6.45) is 1.80. The third-order valence-electron chi connectivity index (χ3n) is 3.48. The number of rotatable bonds is 8. The van der Waals surface area contributed by atoms with E-state index in [0.717, 1.165) is 19.4 Å². The van der Waals surface area contributed by atoms with E-state index in [2.05, 4.69) is 44.3 Å². The second-order valence-electron chi connectivity index (χ2n) is 5.02. The molecule has 1 aromatic rings. The van der Waals surface area contributed by atoms with E-state index in [0.29, 0.717) is 0 Å². The largest absolute Gasteiger partial charge is 0.354 e. The number of methoxy groups -OCH3 is 2. The molecular weight excluding hydrogens is 238 g/mol. The van der Waals surface area contributed by atoms with Crippen molar-refractivity contribution in [3.05, 3.63) is 34.9 Å². The second kappa shape index (κ2) is 8.31. The van der Waals surface area contributed by atoms with Gasteiger partial charge in [0.15, 0.2) is 6.29 Å². The van der Waals surface area contributed by atoms with E-state index >= 15 is 0 Å². The van der Waals surface area contributed by atoms with Gasteiger partial charge < -0.3 is 14.8 Å². The Kier molecular flexibility index (Phi) is 7.06. The third-order valence-corrected chi connectivity index (χ3v) is 3.48. The Balaban J connectivity index is 2.77. The van der Waals surface area contributed by atoms with E-state index in [1.165, 1.54) is 16.7 Å². The van der Waals surface area contributed by atoms with Crippen molar-refractivity contribution in [2.24, 2.45) is 0 Å². The van der Waals surface area contributed by atoms with Gasteiger partial charge >= 0.3 is 0 Å². The van der Waals surface area contributed by atoms with E-state index in [9.17, 15) is 0 Å². The maximum atomic E-state index is 5.40. The standard InChI is InChI=1S/C16H27NO2/c1-6-9-17-15(16(18-4)19-5)11-14-8-7-12(2)13(3)10-14/h7-8,10,15-17H,6,9,11H2,1-5H3. The summed E-state index contributed by atoms with van der Waals surface area (Å²) in [7, 11) is 3.38. The zero-order valence-electron chi connectivity index (χ0n) is 12.8. The van der Waals surface area contributed by atoms with Gasteiger partial charge in [-0.2, -0.15) is 0 Å². The molecule has 1 rings (SSSR count). The highest BCUT2D eigenvalue weighted by molar-refractivity contribution is 5.30. The van der Waals surface area contributed by atoms with Crippen molar-refractivity contribution in [3.63, 3.8) is 0 Å². The van der Waals surface area contributed by atoms with Gasteiger partial charge in [-0.1, -0.05) is 25.1 Å². The topological polar surface area (TPSA) is 30.5 Å². The Bertz CT molecular complexity index is 375. The molecule has 1 unspecified atom stereocenters. The molecule has 0 fully saturated rings. The number of ether oxygens (including phenoxy) is 2. The Morgan fingerprint density at radius 1 is 1.11 bits per heavy atom. The lowest BCUT2D eigenvalue weighted by Gasteiger charge is -2.26. The number of aryl methyl sites for hydroxylation is 2. The van der Waals surface area contributed by atoms with Crippen LogP contribution in [-0.4, -0.2) is 33.1 Å². The monoisotopic (exact) mass is 265 g/mol. The smallest absolute Gasteiger partial charge is 0.172 e. The lowest BCUT2D eigenvalue weighted by molar-refractivity contribution is -0.122. The van der Waals surface area contributed by atoms with Crippen LogP contribution in [0, 0.1) is 13.8 Å². The zero-order valence-corrected chi connectivity index (χ0v) is 12.8. The van der Waals surface area contributed by atoms with Crippen LogP contribution in [-0.2, 0) is 15.9 Å². The first-order valence-electron chi connectivity index (χ1n) is 6.97. The maximum absolute atomic E-state index is 5.40. The van der Waals surface area contributed by atoms with E-state index in [4.69, 9.17) is 9.47 Å². The molecule has 0 aromatic heterocycles. The number of hydrogen-bond acceptors (Lipinski definition) is 3. The highest BCUT2D eigenvalue weighted by Gasteiger charge is 2.20. The molecule has 0 saturated heterocycles. The summed E-state index contributed by atoms with van der Waals surface area (Å²) >= 11 is 0. The predicted octanol–water partition coefficient (Wildman–Crippen LogP) is 2.83. The van der Waals surface area contributed by atoms with Crippen molar-refractivity contribution in [1.29, 1.82) is 0 Å². The van der Waals surface area contributed by atoms with Crippen LogP contribution in [0.25, 0.3) is 0 Å². The Hall–Kier alpha value is -0.900. The van der Waals surface area contributed by atoms with Crippen LogP contribution in [0.1, 0.15) is 30.0 Å². The van der Waals surface area contributed by atoms with Crippen LogP contribution in [0.4, 0.5) is 0 Å². The van der Waals surface area contributed by atoms with Crippen molar-refractivity contribution in [2.75, 3.05) is 20.8 Å². The molecule has 0 amide bonds. The van der Waals surface area contributed by atoms with Crippen molar-refractivity contribution in [2.45, 2.75) is 45.9 Å². The molecule has 0 aliphatic heterocycles. The molecule has 3 heteroatoms. The minimum atomic E-state index is -0.215. The van der Waals surface area contributed by atoms with Crippen LogP contribution in [0.5, 0.6) is 0 Å². The van der Waals surface area contributed by atoms with E-state index < -0.39 is 0 Å². The van der Waals surface area contributed by atoms with Crippen molar-refractivity contribution in [1.82, 2.24) is 5.32 Å².